The molecule has 0 aromatic heterocycles. The van der Waals surface area contributed by atoms with Gasteiger partial charge in [-0.15, -0.1) is 0 Å². The fraction of sp³-hybridized carbons (Fsp3) is 0.467. The lowest BCUT2D eigenvalue weighted by molar-refractivity contribution is 0.0658. The molecule has 0 radical (unpaired) electrons. The van der Waals surface area contributed by atoms with E-state index in [1.54, 1.807) is 29.3 Å². The number of aliphatic hydroxyl groups is 1. The molecular weight excluding hydrogens is 354 g/mol. The quantitative estimate of drug-likeness (QED) is 0.887. The van der Waals surface area contributed by atoms with Crippen LogP contribution < -0.4 is 0 Å². The Labute approximate surface area is 133 Å². The van der Waals surface area contributed by atoms with E-state index in [1.165, 1.54) is 4.31 Å². The van der Waals surface area contributed by atoms with Crippen molar-refractivity contribution < 1.29 is 13.5 Å². The van der Waals surface area contributed by atoms with E-state index in [0.717, 1.165) is 24.0 Å². The molecule has 2 fully saturated rings. The zero-order valence-corrected chi connectivity index (χ0v) is 14.2. The standard InChI is InChI=1S/C15H18BrNO3S/c1-11-2-6-14(7-3-11)21(19,20)17-9-13(8-16)15(18,10-17)12-4-5-12/h2-3,6-8,12,18H,4-5,9-10H2,1H3/b13-8+/t15-/m1/s1. The van der Waals surface area contributed by atoms with Crippen LogP contribution in [0.2, 0.25) is 0 Å². The van der Waals surface area contributed by atoms with Crippen LogP contribution in [0, 0.1) is 12.8 Å². The van der Waals surface area contributed by atoms with Gasteiger partial charge in [0.05, 0.1) is 4.90 Å². The maximum atomic E-state index is 12.7. The van der Waals surface area contributed by atoms with Crippen LogP contribution in [-0.2, 0) is 10.0 Å². The number of aryl methyl sites for hydroxylation is 1. The monoisotopic (exact) mass is 371 g/mol. The molecule has 2 aliphatic rings. The molecule has 1 saturated heterocycles. The van der Waals surface area contributed by atoms with E-state index in [1.807, 2.05) is 6.92 Å². The van der Waals surface area contributed by atoms with E-state index in [0.29, 0.717) is 0 Å². The summed E-state index contributed by atoms with van der Waals surface area (Å²) in [5.74, 6) is 0.180. The number of nitrogens with zero attached hydrogens (tertiary/aromatic N) is 1. The molecule has 6 heteroatoms. The highest BCUT2D eigenvalue weighted by Crippen LogP contribution is 2.48. The zero-order valence-electron chi connectivity index (χ0n) is 11.8. The van der Waals surface area contributed by atoms with E-state index in [-0.39, 0.29) is 23.9 Å². The summed E-state index contributed by atoms with van der Waals surface area (Å²) < 4.78 is 26.8. The van der Waals surface area contributed by atoms with Gasteiger partial charge in [0, 0.05) is 13.1 Å². The second-order valence-electron chi connectivity index (χ2n) is 5.92. The summed E-state index contributed by atoms with van der Waals surface area (Å²) in [6.07, 6.45) is 1.92. The summed E-state index contributed by atoms with van der Waals surface area (Å²) in [5.41, 5.74) is 0.757. The third kappa shape index (κ3) is 2.59. The van der Waals surface area contributed by atoms with Crippen molar-refractivity contribution in [2.45, 2.75) is 30.3 Å². The Balaban J connectivity index is 1.92. The summed E-state index contributed by atoms with van der Waals surface area (Å²) in [6, 6.07) is 6.82. The largest absolute Gasteiger partial charge is 0.384 e. The topological polar surface area (TPSA) is 57.6 Å². The fourth-order valence-corrected chi connectivity index (χ4v) is 4.86. The number of halogens is 1. The van der Waals surface area contributed by atoms with E-state index < -0.39 is 15.6 Å². The third-order valence-corrected chi connectivity index (χ3v) is 6.72. The van der Waals surface area contributed by atoms with Crippen molar-refractivity contribution in [1.82, 2.24) is 4.31 Å². The van der Waals surface area contributed by atoms with Gasteiger partial charge in [-0.25, -0.2) is 8.42 Å². The Morgan fingerprint density at radius 1 is 1.33 bits per heavy atom. The predicted octanol–water partition coefficient (Wildman–Crippen LogP) is 2.42. The van der Waals surface area contributed by atoms with E-state index >= 15 is 0 Å². The van der Waals surface area contributed by atoms with Crippen molar-refractivity contribution in [3.63, 3.8) is 0 Å². The molecule has 1 aromatic rings. The van der Waals surface area contributed by atoms with Crippen molar-refractivity contribution in [3.05, 3.63) is 40.4 Å². The van der Waals surface area contributed by atoms with Gasteiger partial charge >= 0.3 is 0 Å². The van der Waals surface area contributed by atoms with Crippen LogP contribution in [0.15, 0.2) is 39.7 Å². The molecule has 1 saturated carbocycles. The lowest BCUT2D eigenvalue weighted by Gasteiger charge is -2.24. The number of β-amino-alcohol motifs (C(OH)–C–C–N with tert-alkyl or cyclic N) is 1. The van der Waals surface area contributed by atoms with Gasteiger partial charge < -0.3 is 5.11 Å². The molecule has 3 rings (SSSR count). The molecule has 0 amide bonds. The minimum absolute atomic E-state index is 0.144. The molecule has 0 spiro atoms. The number of rotatable bonds is 3. The van der Waals surface area contributed by atoms with Gasteiger partial charge in [0.1, 0.15) is 5.60 Å². The van der Waals surface area contributed by atoms with Crippen molar-refractivity contribution in [2.75, 3.05) is 13.1 Å². The molecule has 1 atom stereocenters. The number of hydrogen-bond acceptors (Lipinski definition) is 3. The van der Waals surface area contributed by atoms with Crippen LogP contribution in [0.5, 0.6) is 0 Å². The van der Waals surface area contributed by atoms with Gasteiger partial charge in [-0.05, 0) is 48.4 Å². The van der Waals surface area contributed by atoms with E-state index in [2.05, 4.69) is 15.9 Å². The van der Waals surface area contributed by atoms with Crippen LogP contribution >= 0.6 is 15.9 Å². The summed E-state index contributed by atoms with van der Waals surface area (Å²) >= 11 is 3.26. The molecular formula is C15H18BrNO3S. The number of hydrogen-bond donors (Lipinski definition) is 1. The van der Waals surface area contributed by atoms with E-state index in [9.17, 15) is 13.5 Å². The summed E-state index contributed by atoms with van der Waals surface area (Å²) in [4.78, 5) is 1.96. The average molecular weight is 372 g/mol. The second kappa shape index (κ2) is 5.19. The molecule has 0 unspecified atom stereocenters. The number of benzene rings is 1. The first-order valence-corrected chi connectivity index (χ1v) is 9.32. The normalized spacial score (nSPS) is 29.2. The second-order valence-corrected chi connectivity index (χ2v) is 8.31. The van der Waals surface area contributed by atoms with Crippen LogP contribution in [-0.4, -0.2) is 36.5 Å². The molecule has 1 aliphatic carbocycles. The van der Waals surface area contributed by atoms with Crippen molar-refractivity contribution in [3.8, 4) is 0 Å². The smallest absolute Gasteiger partial charge is 0.243 e. The molecule has 114 valence electrons. The van der Waals surface area contributed by atoms with Gasteiger partial charge in [0.15, 0.2) is 0 Å². The lowest BCUT2D eigenvalue weighted by atomic mass is 9.93. The highest BCUT2D eigenvalue weighted by Gasteiger charge is 2.53. The highest BCUT2D eigenvalue weighted by atomic mass is 79.9. The highest BCUT2D eigenvalue weighted by molar-refractivity contribution is 9.11. The van der Waals surface area contributed by atoms with Gasteiger partial charge in [-0.2, -0.15) is 4.31 Å². The predicted molar refractivity (Wildman–Crippen MR) is 84.6 cm³/mol. The molecule has 1 aliphatic heterocycles. The van der Waals surface area contributed by atoms with Gasteiger partial charge in [0.2, 0.25) is 10.0 Å². The Kier molecular flexibility index (Phi) is 3.76. The Morgan fingerprint density at radius 3 is 2.48 bits per heavy atom. The van der Waals surface area contributed by atoms with Gasteiger partial charge in [-0.3, -0.25) is 0 Å². The maximum absolute atomic E-state index is 12.7. The van der Waals surface area contributed by atoms with Crippen LogP contribution in [0.1, 0.15) is 18.4 Å². The molecule has 1 N–H and O–H groups in total. The van der Waals surface area contributed by atoms with Crippen molar-refractivity contribution in [2.24, 2.45) is 5.92 Å². The molecule has 1 aromatic carbocycles. The zero-order chi connectivity index (χ0) is 15.3. The third-order valence-electron chi connectivity index (χ3n) is 4.36. The minimum Gasteiger partial charge on any atom is -0.384 e. The average Bonchev–Trinajstić information content (AvgIpc) is 3.24. The Hall–Kier alpha value is -0.690. The first kappa shape index (κ1) is 15.2. The van der Waals surface area contributed by atoms with Crippen molar-refractivity contribution in [1.29, 1.82) is 0 Å². The molecule has 21 heavy (non-hydrogen) atoms. The van der Waals surface area contributed by atoms with Gasteiger partial charge in [0.25, 0.3) is 0 Å². The van der Waals surface area contributed by atoms with E-state index in [4.69, 9.17) is 0 Å². The lowest BCUT2D eigenvalue weighted by Crippen LogP contribution is -2.38. The Bertz CT molecular complexity index is 679. The molecule has 1 heterocycles. The van der Waals surface area contributed by atoms with Gasteiger partial charge in [-0.1, -0.05) is 33.6 Å². The van der Waals surface area contributed by atoms with Crippen LogP contribution in [0.25, 0.3) is 0 Å². The summed E-state index contributed by atoms with van der Waals surface area (Å²) in [6.45, 7) is 2.31. The van der Waals surface area contributed by atoms with Crippen molar-refractivity contribution >= 4 is 26.0 Å². The van der Waals surface area contributed by atoms with Crippen LogP contribution in [0.4, 0.5) is 0 Å². The minimum atomic E-state index is -3.56. The first-order chi connectivity index (χ1) is 9.88. The SMILES string of the molecule is Cc1ccc(S(=O)(=O)N2C/C(=C\Br)[C@](O)(C3CC3)C2)cc1. The summed E-state index contributed by atoms with van der Waals surface area (Å²) in [7, 11) is -3.56. The summed E-state index contributed by atoms with van der Waals surface area (Å²) in [5, 5.41) is 10.8. The first-order valence-electron chi connectivity index (χ1n) is 6.97. The molecule has 0 bridgehead atoms. The molecule has 4 nitrogen and oxygen atoms in total. The fourth-order valence-electron chi connectivity index (χ4n) is 2.86. The maximum Gasteiger partial charge on any atom is 0.243 e. The Morgan fingerprint density at radius 2 is 1.95 bits per heavy atom. The van der Waals surface area contributed by atoms with Crippen LogP contribution in [0.3, 0.4) is 0 Å². The number of sulfonamides is 1.